The van der Waals surface area contributed by atoms with E-state index in [1.165, 1.54) is 0 Å². The quantitative estimate of drug-likeness (QED) is 0.212. The fraction of sp³-hybridized carbons (Fsp3) is 0.0741. The van der Waals surface area contributed by atoms with Gasteiger partial charge in [0.1, 0.15) is 0 Å². The van der Waals surface area contributed by atoms with E-state index in [2.05, 4.69) is 25.9 Å². The fourth-order valence-corrected chi connectivity index (χ4v) is 3.34. The third-order valence-electron chi connectivity index (χ3n) is 4.94. The molecule has 4 rings (SSSR count). The van der Waals surface area contributed by atoms with Crippen LogP contribution in [0.15, 0.2) is 85.3 Å². The Morgan fingerprint density at radius 1 is 0.875 bits per heavy atom. The van der Waals surface area contributed by atoms with Crippen molar-refractivity contribution in [1.29, 1.82) is 0 Å². The number of nitrogens with zero attached hydrogens (tertiary/aromatic N) is 2. The number of amides is 3. The van der Waals surface area contributed by atoms with Gasteiger partial charge in [-0.15, -0.1) is 0 Å². The average molecular weight is 572 g/mol. The number of aliphatic carboxylic acids is 1. The highest BCUT2D eigenvalue weighted by molar-refractivity contribution is 6.33. The van der Waals surface area contributed by atoms with Crippen molar-refractivity contribution in [2.24, 2.45) is 0 Å². The van der Waals surface area contributed by atoms with Crippen molar-refractivity contribution in [2.75, 3.05) is 16.0 Å². The molecule has 0 saturated heterocycles. The van der Waals surface area contributed by atoms with Gasteiger partial charge in [0.2, 0.25) is 0 Å². The number of carboxylic acids is 1. The highest BCUT2D eigenvalue weighted by Crippen LogP contribution is 2.23. The number of carbonyl (C=O) groups excluding carboxylic acids is 2. The van der Waals surface area contributed by atoms with Crippen molar-refractivity contribution in [3.05, 3.63) is 101 Å². The molecule has 9 nitrogen and oxygen atoms in total. The predicted molar refractivity (Wildman–Crippen MR) is 144 cm³/mol. The summed E-state index contributed by atoms with van der Waals surface area (Å²) in [6.45, 7) is 1.91. The van der Waals surface area contributed by atoms with Crippen LogP contribution in [0.3, 0.4) is 0 Å². The molecule has 0 bridgehead atoms. The van der Waals surface area contributed by atoms with Crippen LogP contribution in [0.2, 0.25) is 5.02 Å². The van der Waals surface area contributed by atoms with E-state index in [9.17, 15) is 22.8 Å². The van der Waals surface area contributed by atoms with Crippen LogP contribution in [0.25, 0.3) is 11.3 Å². The molecule has 0 radical (unpaired) electrons. The summed E-state index contributed by atoms with van der Waals surface area (Å²) in [5, 5.41) is 15.9. The molecule has 13 heteroatoms. The number of carbonyl (C=O) groups is 3. The number of aryl methyl sites for hydroxylation is 1. The van der Waals surface area contributed by atoms with Crippen molar-refractivity contribution in [3.63, 3.8) is 0 Å². The summed E-state index contributed by atoms with van der Waals surface area (Å²) in [6.07, 6.45) is -0.178. The Labute approximate surface area is 231 Å². The molecular formula is C27H21ClF3N5O4. The summed E-state index contributed by atoms with van der Waals surface area (Å²) in [6, 6.07) is 18.9. The largest absolute Gasteiger partial charge is 0.490 e. The maximum Gasteiger partial charge on any atom is 0.490 e. The number of rotatable bonds is 5. The third-order valence-corrected chi connectivity index (χ3v) is 5.27. The van der Waals surface area contributed by atoms with E-state index >= 15 is 0 Å². The van der Waals surface area contributed by atoms with E-state index in [4.69, 9.17) is 21.5 Å². The van der Waals surface area contributed by atoms with Crippen LogP contribution >= 0.6 is 11.6 Å². The molecule has 0 spiro atoms. The molecule has 2 aromatic carbocycles. The number of hydrogen-bond acceptors (Lipinski definition) is 5. The molecule has 0 atom stereocenters. The second-order valence-corrected chi connectivity index (χ2v) is 8.48. The molecule has 40 heavy (non-hydrogen) atoms. The second-order valence-electron chi connectivity index (χ2n) is 8.08. The molecule has 0 fully saturated rings. The van der Waals surface area contributed by atoms with E-state index in [-0.39, 0.29) is 5.91 Å². The summed E-state index contributed by atoms with van der Waals surface area (Å²) in [5.74, 6) is -3.01. The molecule has 2 heterocycles. The first-order valence-corrected chi connectivity index (χ1v) is 11.7. The van der Waals surface area contributed by atoms with Gasteiger partial charge in [-0.2, -0.15) is 13.2 Å². The van der Waals surface area contributed by atoms with Crippen LogP contribution in [0, 0.1) is 6.92 Å². The summed E-state index contributed by atoms with van der Waals surface area (Å²) in [4.78, 5) is 42.4. The maximum absolute atomic E-state index is 12.7. The lowest BCUT2D eigenvalue weighted by Gasteiger charge is -2.10. The summed E-state index contributed by atoms with van der Waals surface area (Å²) in [7, 11) is 0. The lowest BCUT2D eigenvalue weighted by Crippen LogP contribution is -2.21. The minimum absolute atomic E-state index is 0.252. The number of alkyl halides is 3. The number of hydrogen-bond donors (Lipinski definition) is 4. The molecule has 0 aliphatic rings. The first kappa shape index (κ1) is 29.6. The summed E-state index contributed by atoms with van der Waals surface area (Å²) in [5.41, 5.74) is 4.45. The Balaban J connectivity index is 0.000000559. The Morgan fingerprint density at radius 3 is 2.27 bits per heavy atom. The van der Waals surface area contributed by atoms with E-state index < -0.39 is 18.2 Å². The van der Waals surface area contributed by atoms with Gasteiger partial charge in [0.15, 0.2) is 0 Å². The second kappa shape index (κ2) is 13.2. The van der Waals surface area contributed by atoms with Gasteiger partial charge in [-0.3, -0.25) is 14.8 Å². The van der Waals surface area contributed by atoms with Gasteiger partial charge < -0.3 is 21.1 Å². The van der Waals surface area contributed by atoms with Crippen LogP contribution in [0.5, 0.6) is 0 Å². The highest BCUT2D eigenvalue weighted by Gasteiger charge is 2.38. The van der Waals surface area contributed by atoms with Crippen molar-refractivity contribution in [3.8, 4) is 11.3 Å². The van der Waals surface area contributed by atoms with E-state index in [1.54, 1.807) is 73.2 Å². The zero-order valence-electron chi connectivity index (χ0n) is 20.7. The first-order valence-electron chi connectivity index (χ1n) is 11.3. The molecule has 0 unspecified atom stereocenters. The van der Waals surface area contributed by atoms with Gasteiger partial charge in [-0.1, -0.05) is 35.9 Å². The molecule has 0 aliphatic carbocycles. The first-order chi connectivity index (χ1) is 18.9. The number of para-hydroxylation sites is 1. The van der Waals surface area contributed by atoms with E-state index in [1.807, 2.05) is 19.1 Å². The van der Waals surface area contributed by atoms with Crippen molar-refractivity contribution < 1.29 is 32.7 Å². The molecule has 0 saturated carbocycles. The molecule has 206 valence electrons. The van der Waals surface area contributed by atoms with Crippen molar-refractivity contribution >= 4 is 46.6 Å². The van der Waals surface area contributed by atoms with Gasteiger partial charge in [0, 0.05) is 29.2 Å². The Morgan fingerprint density at radius 2 is 1.60 bits per heavy atom. The SMILES string of the molecule is Cc1cncc(NC(=O)c2cccc(-c3cc(NC(=O)Nc4ccccc4Cl)ccn3)c2)c1.O=C(O)C(F)(F)F. The lowest BCUT2D eigenvalue weighted by atomic mass is 10.1. The Bertz CT molecular complexity index is 1530. The third kappa shape index (κ3) is 8.81. The van der Waals surface area contributed by atoms with Crippen LogP contribution < -0.4 is 16.0 Å². The topological polar surface area (TPSA) is 133 Å². The normalized spacial score (nSPS) is 10.5. The molecule has 4 aromatic rings. The standard InChI is InChI=1S/C25H20ClN5O2.C2HF3O2/c1-16-11-20(15-27-14-16)29-24(32)18-6-4-5-17(12-18)23-13-19(9-10-28-23)30-25(33)31-22-8-3-2-7-21(22)26;3-2(4,5)1(6)7/h2-15H,1H3,(H,29,32)(H2,28,30,31,33);(H,6,7). The number of urea groups is 1. The predicted octanol–water partition coefficient (Wildman–Crippen LogP) is 6.64. The summed E-state index contributed by atoms with van der Waals surface area (Å²) < 4.78 is 31.7. The smallest absolute Gasteiger partial charge is 0.475 e. The minimum atomic E-state index is -5.08. The van der Waals surface area contributed by atoms with Crippen LogP contribution in [0.1, 0.15) is 15.9 Å². The number of nitrogens with one attached hydrogen (secondary N) is 3. The number of anilines is 3. The number of aromatic nitrogens is 2. The molecule has 2 aromatic heterocycles. The van der Waals surface area contributed by atoms with Crippen LogP contribution in [0.4, 0.5) is 35.0 Å². The lowest BCUT2D eigenvalue weighted by molar-refractivity contribution is -0.192. The molecule has 3 amide bonds. The average Bonchev–Trinajstić information content (AvgIpc) is 2.90. The van der Waals surface area contributed by atoms with Gasteiger partial charge in [0.25, 0.3) is 5.91 Å². The van der Waals surface area contributed by atoms with Gasteiger partial charge >= 0.3 is 18.2 Å². The molecule has 0 aliphatic heterocycles. The Kier molecular flexibility index (Phi) is 9.76. The number of benzene rings is 2. The number of halogens is 4. The zero-order chi connectivity index (χ0) is 29.3. The Hall–Kier alpha value is -4.97. The van der Waals surface area contributed by atoms with Gasteiger partial charge in [0.05, 0.1) is 28.3 Å². The molecule has 4 N–H and O–H groups in total. The monoisotopic (exact) mass is 571 g/mol. The minimum Gasteiger partial charge on any atom is -0.475 e. The summed E-state index contributed by atoms with van der Waals surface area (Å²) >= 11 is 6.09. The maximum atomic E-state index is 12.7. The molecular weight excluding hydrogens is 551 g/mol. The highest BCUT2D eigenvalue weighted by atomic mass is 35.5. The van der Waals surface area contributed by atoms with Crippen LogP contribution in [-0.2, 0) is 4.79 Å². The van der Waals surface area contributed by atoms with E-state index in [0.717, 1.165) is 11.1 Å². The van der Waals surface area contributed by atoms with Crippen molar-refractivity contribution in [2.45, 2.75) is 13.1 Å². The van der Waals surface area contributed by atoms with E-state index in [0.29, 0.717) is 33.3 Å². The zero-order valence-corrected chi connectivity index (χ0v) is 21.4. The van der Waals surface area contributed by atoms with Gasteiger partial charge in [-0.05, 0) is 55.0 Å². The fourth-order valence-electron chi connectivity index (χ4n) is 3.16. The van der Waals surface area contributed by atoms with Gasteiger partial charge in [-0.25, -0.2) is 9.59 Å². The number of pyridine rings is 2. The van der Waals surface area contributed by atoms with Crippen LogP contribution in [-0.4, -0.2) is 39.2 Å². The number of carboxylic acid groups (broad SMARTS) is 1. The van der Waals surface area contributed by atoms with Crippen molar-refractivity contribution in [1.82, 2.24) is 9.97 Å².